The predicted octanol–water partition coefficient (Wildman–Crippen LogP) is 0.504. The Hall–Kier alpha value is -1.14. The number of hydrogen-bond donors (Lipinski definition) is 1. The molecule has 0 aliphatic carbocycles. The zero-order chi connectivity index (χ0) is 13.8. The summed E-state index contributed by atoms with van der Waals surface area (Å²) in [6, 6.07) is 0. The average molecular weight is 271 g/mol. The van der Waals surface area contributed by atoms with E-state index in [4.69, 9.17) is 14.6 Å². The summed E-state index contributed by atoms with van der Waals surface area (Å²) in [6.45, 7) is 3.71. The summed E-state index contributed by atoms with van der Waals surface area (Å²) >= 11 is 0. The van der Waals surface area contributed by atoms with Crippen molar-refractivity contribution in [2.75, 3.05) is 26.3 Å². The lowest BCUT2D eigenvalue weighted by atomic mass is 10.1. The molecule has 0 bridgehead atoms. The Morgan fingerprint density at radius 2 is 2.26 bits per heavy atom. The summed E-state index contributed by atoms with van der Waals surface area (Å²) in [5.74, 6) is -1.39. The van der Waals surface area contributed by atoms with Gasteiger partial charge in [0.25, 0.3) is 5.91 Å². The molecule has 0 aromatic heterocycles. The van der Waals surface area contributed by atoms with E-state index in [1.807, 2.05) is 0 Å². The van der Waals surface area contributed by atoms with Crippen molar-refractivity contribution >= 4 is 11.9 Å². The number of carbonyl (C=O) groups is 2. The normalized spacial score (nSPS) is 28.6. The molecule has 1 N–H and O–H groups in total. The smallest absolute Gasteiger partial charge is 0.308 e. The zero-order valence-electron chi connectivity index (χ0n) is 11.2. The lowest BCUT2D eigenvalue weighted by Gasteiger charge is -2.22. The largest absolute Gasteiger partial charge is 0.481 e. The van der Waals surface area contributed by atoms with E-state index in [1.54, 1.807) is 11.8 Å². The highest BCUT2D eigenvalue weighted by Crippen LogP contribution is 2.18. The molecular weight excluding hydrogens is 250 g/mol. The van der Waals surface area contributed by atoms with Crippen molar-refractivity contribution in [3.05, 3.63) is 0 Å². The summed E-state index contributed by atoms with van der Waals surface area (Å²) < 4.78 is 11.0. The fraction of sp³-hybridized carbons (Fsp3) is 0.846. The second kappa shape index (κ2) is 6.34. The Bertz CT molecular complexity index is 340. The third-order valence-corrected chi connectivity index (χ3v) is 3.75. The summed E-state index contributed by atoms with van der Waals surface area (Å²) in [5.41, 5.74) is 0. The van der Waals surface area contributed by atoms with Crippen LogP contribution in [-0.4, -0.2) is 60.4 Å². The Labute approximate surface area is 112 Å². The zero-order valence-corrected chi connectivity index (χ0v) is 11.2. The van der Waals surface area contributed by atoms with Gasteiger partial charge in [0.2, 0.25) is 0 Å². The van der Waals surface area contributed by atoms with Gasteiger partial charge in [-0.1, -0.05) is 0 Å². The number of rotatable bonds is 5. The minimum atomic E-state index is -0.830. The van der Waals surface area contributed by atoms with Gasteiger partial charge in [0.1, 0.15) is 6.10 Å². The van der Waals surface area contributed by atoms with Gasteiger partial charge in [0.15, 0.2) is 0 Å². The van der Waals surface area contributed by atoms with E-state index in [-0.39, 0.29) is 12.0 Å². The molecule has 3 atom stereocenters. The van der Waals surface area contributed by atoms with Crippen molar-refractivity contribution in [3.63, 3.8) is 0 Å². The molecule has 0 unspecified atom stereocenters. The van der Waals surface area contributed by atoms with Crippen LogP contribution < -0.4 is 0 Å². The molecule has 2 heterocycles. The van der Waals surface area contributed by atoms with Gasteiger partial charge < -0.3 is 19.5 Å². The molecule has 6 nitrogen and oxygen atoms in total. The van der Waals surface area contributed by atoms with E-state index >= 15 is 0 Å². The third kappa shape index (κ3) is 3.67. The standard InChI is InChI=1S/C13H21NO5/c1-9(19-8-11-3-2-6-18-11)12(15)14-5-4-10(7-14)13(16)17/h9-11H,2-8H2,1H3,(H,16,17)/t9-,10+,11+/m0/s1. The van der Waals surface area contributed by atoms with Gasteiger partial charge in [-0.3, -0.25) is 9.59 Å². The molecule has 2 aliphatic rings. The van der Waals surface area contributed by atoms with Crippen molar-refractivity contribution in [3.8, 4) is 0 Å². The fourth-order valence-electron chi connectivity index (χ4n) is 2.52. The highest BCUT2D eigenvalue weighted by molar-refractivity contribution is 5.82. The Kier molecular flexibility index (Phi) is 4.76. The first-order valence-electron chi connectivity index (χ1n) is 6.82. The first kappa shape index (κ1) is 14.3. The fourth-order valence-corrected chi connectivity index (χ4v) is 2.52. The van der Waals surface area contributed by atoms with Crippen LogP contribution >= 0.6 is 0 Å². The van der Waals surface area contributed by atoms with Gasteiger partial charge in [-0.15, -0.1) is 0 Å². The minimum absolute atomic E-state index is 0.0978. The predicted molar refractivity (Wildman–Crippen MR) is 66.7 cm³/mol. The van der Waals surface area contributed by atoms with Gasteiger partial charge in [-0.25, -0.2) is 0 Å². The second-order valence-corrected chi connectivity index (χ2v) is 5.22. The van der Waals surface area contributed by atoms with Crippen molar-refractivity contribution in [1.29, 1.82) is 0 Å². The number of carboxylic acids is 1. The molecule has 6 heteroatoms. The maximum atomic E-state index is 12.1. The molecule has 0 spiro atoms. The molecular formula is C13H21NO5. The molecule has 0 aromatic carbocycles. The average Bonchev–Trinajstić information content (AvgIpc) is 3.05. The minimum Gasteiger partial charge on any atom is -0.481 e. The van der Waals surface area contributed by atoms with Crippen molar-refractivity contribution < 1.29 is 24.2 Å². The first-order chi connectivity index (χ1) is 9.08. The van der Waals surface area contributed by atoms with Crippen molar-refractivity contribution in [2.45, 2.75) is 38.4 Å². The Morgan fingerprint density at radius 3 is 2.84 bits per heavy atom. The van der Waals surface area contributed by atoms with Crippen LogP contribution in [0.1, 0.15) is 26.2 Å². The van der Waals surface area contributed by atoms with Crippen LogP contribution in [0.4, 0.5) is 0 Å². The van der Waals surface area contributed by atoms with Gasteiger partial charge in [-0.05, 0) is 26.2 Å². The van der Waals surface area contributed by atoms with Crippen LogP contribution in [0.15, 0.2) is 0 Å². The maximum absolute atomic E-state index is 12.1. The molecule has 0 saturated carbocycles. The number of hydrogen-bond acceptors (Lipinski definition) is 4. The Morgan fingerprint density at radius 1 is 1.47 bits per heavy atom. The number of amides is 1. The van der Waals surface area contributed by atoms with Gasteiger partial charge in [0, 0.05) is 19.7 Å². The molecule has 2 saturated heterocycles. The third-order valence-electron chi connectivity index (χ3n) is 3.75. The SMILES string of the molecule is C[C@H](OC[C@H]1CCCO1)C(=O)N1CC[C@@H](C(=O)O)C1. The maximum Gasteiger partial charge on any atom is 0.308 e. The number of ether oxygens (including phenoxy) is 2. The van der Waals surface area contributed by atoms with Gasteiger partial charge >= 0.3 is 5.97 Å². The number of carboxylic acid groups (broad SMARTS) is 1. The van der Waals surface area contributed by atoms with E-state index in [1.165, 1.54) is 0 Å². The molecule has 2 aliphatic heterocycles. The molecule has 19 heavy (non-hydrogen) atoms. The van der Waals surface area contributed by atoms with Crippen LogP contribution in [0.2, 0.25) is 0 Å². The number of aliphatic carboxylic acids is 1. The number of carbonyl (C=O) groups excluding carboxylic acids is 1. The topological polar surface area (TPSA) is 76.1 Å². The first-order valence-corrected chi connectivity index (χ1v) is 6.82. The van der Waals surface area contributed by atoms with Crippen molar-refractivity contribution in [2.24, 2.45) is 5.92 Å². The van der Waals surface area contributed by atoms with E-state index in [0.717, 1.165) is 19.4 Å². The van der Waals surface area contributed by atoms with E-state index in [9.17, 15) is 9.59 Å². The second-order valence-electron chi connectivity index (χ2n) is 5.22. The van der Waals surface area contributed by atoms with Crippen LogP contribution in [-0.2, 0) is 19.1 Å². The van der Waals surface area contributed by atoms with E-state index in [0.29, 0.717) is 26.1 Å². The molecule has 0 radical (unpaired) electrons. The molecule has 0 aromatic rings. The Balaban J connectivity index is 1.74. The van der Waals surface area contributed by atoms with Gasteiger partial charge in [0.05, 0.1) is 18.6 Å². The van der Waals surface area contributed by atoms with Crippen LogP contribution in [0.3, 0.4) is 0 Å². The highest BCUT2D eigenvalue weighted by atomic mass is 16.5. The lowest BCUT2D eigenvalue weighted by Crippen LogP contribution is -2.39. The van der Waals surface area contributed by atoms with E-state index in [2.05, 4.69) is 0 Å². The van der Waals surface area contributed by atoms with Gasteiger partial charge in [-0.2, -0.15) is 0 Å². The highest BCUT2D eigenvalue weighted by Gasteiger charge is 2.33. The van der Waals surface area contributed by atoms with E-state index < -0.39 is 18.0 Å². The number of likely N-dealkylation sites (tertiary alicyclic amines) is 1. The number of nitrogens with zero attached hydrogens (tertiary/aromatic N) is 1. The van der Waals surface area contributed by atoms with Crippen LogP contribution in [0.5, 0.6) is 0 Å². The molecule has 1 amide bonds. The summed E-state index contributed by atoms with van der Waals surface area (Å²) in [7, 11) is 0. The summed E-state index contributed by atoms with van der Waals surface area (Å²) in [6.07, 6.45) is 2.12. The molecule has 2 fully saturated rings. The lowest BCUT2D eigenvalue weighted by molar-refractivity contribution is -0.144. The quantitative estimate of drug-likeness (QED) is 0.788. The van der Waals surface area contributed by atoms with Crippen LogP contribution in [0.25, 0.3) is 0 Å². The summed E-state index contributed by atoms with van der Waals surface area (Å²) in [4.78, 5) is 24.5. The van der Waals surface area contributed by atoms with Crippen molar-refractivity contribution in [1.82, 2.24) is 4.90 Å². The molecule has 108 valence electrons. The van der Waals surface area contributed by atoms with Crippen LogP contribution in [0, 0.1) is 5.92 Å². The monoisotopic (exact) mass is 271 g/mol. The molecule has 2 rings (SSSR count). The summed E-state index contributed by atoms with van der Waals surface area (Å²) in [5, 5.41) is 8.91.